The van der Waals surface area contributed by atoms with Crippen molar-refractivity contribution in [3.8, 4) is 5.75 Å². The molecule has 0 atom stereocenters. The summed E-state index contributed by atoms with van der Waals surface area (Å²) in [4.78, 5) is 2.23. The van der Waals surface area contributed by atoms with Gasteiger partial charge in [-0.25, -0.2) is 0 Å². The summed E-state index contributed by atoms with van der Waals surface area (Å²) in [5, 5.41) is 12.6. The molecule has 15 heavy (non-hydrogen) atoms. The van der Waals surface area contributed by atoms with Crippen LogP contribution >= 0.6 is 0 Å². The van der Waals surface area contributed by atoms with Crippen LogP contribution < -0.4 is 5.32 Å². The van der Waals surface area contributed by atoms with Crippen LogP contribution in [0.2, 0.25) is 0 Å². The lowest BCUT2D eigenvalue weighted by atomic mass is 10.2. The Kier molecular flexibility index (Phi) is 5.15. The maximum Gasteiger partial charge on any atom is 0.115 e. The molecule has 1 aromatic carbocycles. The van der Waals surface area contributed by atoms with Crippen molar-refractivity contribution in [1.29, 1.82) is 0 Å². The first kappa shape index (κ1) is 12.0. The molecule has 0 fully saturated rings. The number of phenolic OH excluding ortho intramolecular Hbond substituents is 1. The third-order valence-electron chi connectivity index (χ3n) is 2.28. The van der Waals surface area contributed by atoms with Gasteiger partial charge in [-0.15, -0.1) is 0 Å². The zero-order chi connectivity index (χ0) is 11.1. The fourth-order valence-corrected chi connectivity index (χ4v) is 1.49. The monoisotopic (exact) mass is 208 g/mol. The normalized spacial score (nSPS) is 10.9. The minimum absolute atomic E-state index is 0.340. The van der Waals surface area contributed by atoms with Gasteiger partial charge in [0.05, 0.1) is 0 Å². The molecule has 3 heteroatoms. The molecule has 1 rings (SSSR count). The summed E-state index contributed by atoms with van der Waals surface area (Å²) in [6, 6.07) is 7.41. The number of hydrogen-bond acceptors (Lipinski definition) is 3. The lowest BCUT2D eigenvalue weighted by Gasteiger charge is -2.16. The standard InChI is InChI=1S/C12H20N2O/c1-3-13-7-8-14(2)10-11-5-4-6-12(15)9-11/h4-6,9,13,15H,3,7-8,10H2,1-2H3. The van der Waals surface area contributed by atoms with E-state index in [0.717, 1.165) is 31.7 Å². The van der Waals surface area contributed by atoms with E-state index in [2.05, 4.69) is 24.2 Å². The van der Waals surface area contributed by atoms with Crippen LogP contribution in [0.4, 0.5) is 0 Å². The summed E-state index contributed by atoms with van der Waals surface area (Å²) in [6.07, 6.45) is 0. The number of rotatable bonds is 6. The van der Waals surface area contributed by atoms with Crippen molar-refractivity contribution in [1.82, 2.24) is 10.2 Å². The zero-order valence-electron chi connectivity index (χ0n) is 9.53. The van der Waals surface area contributed by atoms with E-state index >= 15 is 0 Å². The van der Waals surface area contributed by atoms with E-state index in [4.69, 9.17) is 0 Å². The van der Waals surface area contributed by atoms with Crippen LogP contribution in [0, 0.1) is 0 Å². The van der Waals surface area contributed by atoms with E-state index in [1.165, 1.54) is 0 Å². The van der Waals surface area contributed by atoms with Crippen molar-refractivity contribution in [2.45, 2.75) is 13.5 Å². The predicted molar refractivity (Wildman–Crippen MR) is 63.0 cm³/mol. The number of phenols is 1. The van der Waals surface area contributed by atoms with Crippen molar-refractivity contribution in [3.05, 3.63) is 29.8 Å². The second kappa shape index (κ2) is 6.43. The Labute approximate surface area is 91.7 Å². The Hall–Kier alpha value is -1.06. The van der Waals surface area contributed by atoms with Gasteiger partial charge in [0.25, 0.3) is 0 Å². The van der Waals surface area contributed by atoms with Crippen molar-refractivity contribution < 1.29 is 5.11 Å². The fourth-order valence-electron chi connectivity index (χ4n) is 1.49. The van der Waals surface area contributed by atoms with Crippen LogP contribution in [0.5, 0.6) is 5.75 Å². The number of nitrogens with zero attached hydrogens (tertiary/aromatic N) is 1. The molecule has 2 N–H and O–H groups in total. The third kappa shape index (κ3) is 4.81. The second-order valence-electron chi connectivity index (χ2n) is 3.76. The van der Waals surface area contributed by atoms with Crippen LogP contribution in [-0.2, 0) is 6.54 Å². The van der Waals surface area contributed by atoms with Gasteiger partial charge in [0.2, 0.25) is 0 Å². The summed E-state index contributed by atoms with van der Waals surface area (Å²) < 4.78 is 0. The maximum absolute atomic E-state index is 9.31. The maximum atomic E-state index is 9.31. The molecule has 0 spiro atoms. The van der Waals surface area contributed by atoms with Crippen LogP contribution in [0.1, 0.15) is 12.5 Å². The molecule has 0 saturated heterocycles. The molecule has 0 unspecified atom stereocenters. The molecule has 84 valence electrons. The second-order valence-corrected chi connectivity index (χ2v) is 3.76. The fraction of sp³-hybridized carbons (Fsp3) is 0.500. The van der Waals surface area contributed by atoms with Gasteiger partial charge in [-0.3, -0.25) is 0 Å². The predicted octanol–water partition coefficient (Wildman–Crippen LogP) is 1.43. The quantitative estimate of drug-likeness (QED) is 0.694. The van der Waals surface area contributed by atoms with E-state index in [9.17, 15) is 5.11 Å². The van der Waals surface area contributed by atoms with Crippen molar-refractivity contribution in [2.75, 3.05) is 26.7 Å². The van der Waals surface area contributed by atoms with E-state index < -0.39 is 0 Å². The first-order valence-corrected chi connectivity index (χ1v) is 5.39. The number of benzene rings is 1. The Bertz CT molecular complexity index is 289. The first-order chi connectivity index (χ1) is 7.22. The Morgan fingerprint density at radius 2 is 2.20 bits per heavy atom. The molecule has 0 aliphatic heterocycles. The highest BCUT2D eigenvalue weighted by Gasteiger charge is 2.00. The number of likely N-dealkylation sites (N-methyl/N-ethyl adjacent to an activating group) is 2. The number of hydrogen-bond donors (Lipinski definition) is 2. The first-order valence-electron chi connectivity index (χ1n) is 5.39. The Balaban J connectivity index is 2.34. The van der Waals surface area contributed by atoms with Crippen molar-refractivity contribution in [2.24, 2.45) is 0 Å². The largest absolute Gasteiger partial charge is 0.508 e. The van der Waals surface area contributed by atoms with Gasteiger partial charge in [0.1, 0.15) is 5.75 Å². The lowest BCUT2D eigenvalue weighted by Crippen LogP contribution is -2.28. The van der Waals surface area contributed by atoms with E-state index in [1.807, 2.05) is 18.2 Å². The highest BCUT2D eigenvalue weighted by molar-refractivity contribution is 5.26. The average Bonchev–Trinajstić information content (AvgIpc) is 2.18. The molecule has 3 nitrogen and oxygen atoms in total. The average molecular weight is 208 g/mol. The van der Waals surface area contributed by atoms with Crippen LogP contribution in [0.15, 0.2) is 24.3 Å². The summed E-state index contributed by atoms with van der Waals surface area (Å²) in [5.41, 5.74) is 1.15. The summed E-state index contributed by atoms with van der Waals surface area (Å²) in [5.74, 6) is 0.340. The van der Waals surface area contributed by atoms with Crippen molar-refractivity contribution >= 4 is 0 Å². The molecule has 0 aliphatic carbocycles. The molecule has 0 heterocycles. The smallest absolute Gasteiger partial charge is 0.115 e. The van der Waals surface area contributed by atoms with Crippen LogP contribution in [0.25, 0.3) is 0 Å². The van der Waals surface area contributed by atoms with Gasteiger partial charge >= 0.3 is 0 Å². The van der Waals surface area contributed by atoms with Crippen molar-refractivity contribution in [3.63, 3.8) is 0 Å². The summed E-state index contributed by atoms with van der Waals surface area (Å²) in [6.45, 7) is 6.02. The molecule has 0 bridgehead atoms. The van der Waals surface area contributed by atoms with E-state index in [1.54, 1.807) is 6.07 Å². The highest BCUT2D eigenvalue weighted by Crippen LogP contribution is 2.11. The van der Waals surface area contributed by atoms with Crippen LogP contribution in [-0.4, -0.2) is 36.7 Å². The minimum Gasteiger partial charge on any atom is -0.508 e. The number of nitrogens with one attached hydrogen (secondary N) is 1. The van der Waals surface area contributed by atoms with Crippen LogP contribution in [0.3, 0.4) is 0 Å². The SMILES string of the molecule is CCNCCN(C)Cc1cccc(O)c1. The Morgan fingerprint density at radius 3 is 2.87 bits per heavy atom. The van der Waals surface area contributed by atoms with Gasteiger partial charge in [0, 0.05) is 19.6 Å². The molecule has 1 aromatic rings. The van der Waals surface area contributed by atoms with Gasteiger partial charge in [-0.2, -0.15) is 0 Å². The molecular weight excluding hydrogens is 188 g/mol. The third-order valence-corrected chi connectivity index (χ3v) is 2.28. The number of aromatic hydroxyl groups is 1. The summed E-state index contributed by atoms with van der Waals surface area (Å²) >= 11 is 0. The van der Waals surface area contributed by atoms with E-state index in [-0.39, 0.29) is 0 Å². The molecule has 0 radical (unpaired) electrons. The minimum atomic E-state index is 0.340. The van der Waals surface area contributed by atoms with Gasteiger partial charge < -0.3 is 15.3 Å². The van der Waals surface area contributed by atoms with Gasteiger partial charge in [0.15, 0.2) is 0 Å². The molecule has 0 saturated carbocycles. The Morgan fingerprint density at radius 1 is 1.40 bits per heavy atom. The topological polar surface area (TPSA) is 35.5 Å². The molecule has 0 aliphatic rings. The highest BCUT2D eigenvalue weighted by atomic mass is 16.3. The molecular formula is C12H20N2O. The van der Waals surface area contributed by atoms with E-state index in [0.29, 0.717) is 5.75 Å². The zero-order valence-corrected chi connectivity index (χ0v) is 9.53. The molecule has 0 amide bonds. The molecule has 0 aromatic heterocycles. The lowest BCUT2D eigenvalue weighted by molar-refractivity contribution is 0.325. The van der Waals surface area contributed by atoms with Gasteiger partial charge in [-0.05, 0) is 31.3 Å². The van der Waals surface area contributed by atoms with Gasteiger partial charge in [-0.1, -0.05) is 19.1 Å². The summed E-state index contributed by atoms with van der Waals surface area (Å²) in [7, 11) is 2.08.